The predicted molar refractivity (Wildman–Crippen MR) is 76.6 cm³/mol. The first kappa shape index (κ1) is 15.5. The molecule has 0 fully saturated rings. The maximum atomic E-state index is 12.0. The highest BCUT2D eigenvalue weighted by atomic mass is 79.9. The normalized spacial score (nSPS) is 12.9. The van der Waals surface area contributed by atoms with Crippen LogP contribution >= 0.6 is 39.1 Å². The van der Waals surface area contributed by atoms with Gasteiger partial charge in [0.25, 0.3) is 5.91 Å². The smallest absolute Gasteiger partial charge is 0.252 e. The molecule has 0 radical (unpaired) electrons. The van der Waals surface area contributed by atoms with Crippen molar-refractivity contribution in [3.63, 3.8) is 0 Å². The Morgan fingerprint density at radius 2 is 2.00 bits per heavy atom. The van der Waals surface area contributed by atoms with Crippen LogP contribution < -0.4 is 5.32 Å². The standard InChI is InChI=1S/C12H12BrCl2NO2/c1-12(2,9(17)10(13)15)16-11(18)7-4-3-5-8(14)6-7/h3-6,10H,1-2H3,(H,16,18). The third kappa shape index (κ3) is 3.97. The molecule has 1 amide bonds. The van der Waals surface area contributed by atoms with E-state index in [1.54, 1.807) is 32.0 Å². The molecule has 0 aliphatic heterocycles. The van der Waals surface area contributed by atoms with Gasteiger partial charge in [-0.3, -0.25) is 9.59 Å². The maximum Gasteiger partial charge on any atom is 0.252 e. The van der Waals surface area contributed by atoms with Crippen molar-refractivity contribution in [2.75, 3.05) is 0 Å². The Hall–Kier alpha value is -0.580. The van der Waals surface area contributed by atoms with Crippen LogP contribution in [0.1, 0.15) is 24.2 Å². The van der Waals surface area contributed by atoms with E-state index in [1.165, 1.54) is 6.07 Å². The van der Waals surface area contributed by atoms with Crippen molar-refractivity contribution >= 4 is 50.8 Å². The zero-order valence-electron chi connectivity index (χ0n) is 9.84. The highest BCUT2D eigenvalue weighted by Crippen LogP contribution is 2.17. The van der Waals surface area contributed by atoms with Crippen LogP contribution in [0, 0.1) is 0 Å². The van der Waals surface area contributed by atoms with Crippen LogP contribution in [-0.2, 0) is 4.79 Å². The SMILES string of the molecule is CC(C)(NC(=O)c1cccc(Cl)c1)C(=O)C(Cl)Br. The number of rotatable bonds is 4. The molecule has 1 atom stereocenters. The molecule has 18 heavy (non-hydrogen) atoms. The van der Waals surface area contributed by atoms with E-state index in [0.29, 0.717) is 10.6 Å². The zero-order chi connectivity index (χ0) is 13.9. The number of ketones is 1. The van der Waals surface area contributed by atoms with Crippen LogP contribution in [0.3, 0.4) is 0 Å². The van der Waals surface area contributed by atoms with Gasteiger partial charge < -0.3 is 5.32 Å². The fourth-order valence-corrected chi connectivity index (χ4v) is 2.36. The van der Waals surface area contributed by atoms with Crippen LogP contribution in [0.2, 0.25) is 5.02 Å². The summed E-state index contributed by atoms with van der Waals surface area (Å²) in [5, 5.41) is 3.08. The number of Topliss-reactive ketones (excluding diaryl/α,β-unsaturated/α-hetero) is 1. The number of hydrogen-bond donors (Lipinski definition) is 1. The molecule has 0 saturated carbocycles. The molecule has 3 nitrogen and oxygen atoms in total. The van der Waals surface area contributed by atoms with Gasteiger partial charge in [0.15, 0.2) is 5.78 Å². The lowest BCUT2D eigenvalue weighted by molar-refractivity contribution is -0.122. The molecule has 0 aliphatic carbocycles. The second-order valence-electron chi connectivity index (χ2n) is 4.25. The molecular formula is C12H12BrCl2NO2. The molecule has 1 unspecified atom stereocenters. The van der Waals surface area contributed by atoms with Crippen molar-refractivity contribution in [2.45, 2.75) is 23.7 Å². The molecular weight excluding hydrogens is 341 g/mol. The quantitative estimate of drug-likeness (QED) is 0.844. The zero-order valence-corrected chi connectivity index (χ0v) is 12.9. The number of nitrogens with one attached hydrogen (secondary N) is 1. The third-order valence-electron chi connectivity index (χ3n) is 2.33. The minimum absolute atomic E-state index is 0.320. The number of hydrogen-bond acceptors (Lipinski definition) is 2. The van der Waals surface area contributed by atoms with Gasteiger partial charge in [-0.05, 0) is 32.0 Å². The highest BCUT2D eigenvalue weighted by Gasteiger charge is 2.33. The minimum Gasteiger partial charge on any atom is -0.340 e. The van der Waals surface area contributed by atoms with E-state index in [-0.39, 0.29) is 11.7 Å². The van der Waals surface area contributed by atoms with E-state index in [0.717, 1.165) is 0 Å². The molecule has 1 aromatic carbocycles. The van der Waals surface area contributed by atoms with Crippen LogP contribution in [0.25, 0.3) is 0 Å². The summed E-state index contributed by atoms with van der Waals surface area (Å²) in [6.45, 7) is 3.18. The maximum absolute atomic E-state index is 12.0. The molecule has 0 spiro atoms. The van der Waals surface area contributed by atoms with Crippen molar-refractivity contribution in [3.8, 4) is 0 Å². The average Bonchev–Trinajstić information content (AvgIpc) is 2.27. The second kappa shape index (κ2) is 6.04. The van der Waals surface area contributed by atoms with E-state index < -0.39 is 9.83 Å². The Morgan fingerprint density at radius 1 is 1.39 bits per heavy atom. The van der Waals surface area contributed by atoms with Crippen LogP contribution in [-0.4, -0.2) is 21.5 Å². The molecule has 6 heteroatoms. The molecule has 0 bridgehead atoms. The lowest BCUT2D eigenvalue weighted by Crippen LogP contribution is -2.51. The summed E-state index contributed by atoms with van der Waals surface area (Å²) in [5.74, 6) is -0.694. The number of amides is 1. The van der Waals surface area contributed by atoms with Crippen LogP contribution in [0.5, 0.6) is 0 Å². The van der Waals surface area contributed by atoms with Gasteiger partial charge in [0.1, 0.15) is 4.29 Å². The monoisotopic (exact) mass is 351 g/mol. The fourth-order valence-electron chi connectivity index (χ4n) is 1.32. The summed E-state index contributed by atoms with van der Waals surface area (Å²) in [6.07, 6.45) is 0. The van der Waals surface area contributed by atoms with Crippen molar-refractivity contribution in [3.05, 3.63) is 34.9 Å². The van der Waals surface area contributed by atoms with E-state index in [4.69, 9.17) is 23.2 Å². The second-order valence-corrected chi connectivity index (χ2v) is 6.57. The van der Waals surface area contributed by atoms with Gasteiger partial charge in [0, 0.05) is 10.6 Å². The number of carbonyl (C=O) groups is 2. The Kier molecular flexibility index (Phi) is 5.20. The highest BCUT2D eigenvalue weighted by molar-refractivity contribution is 9.10. The molecule has 1 rings (SSSR count). The molecule has 0 saturated heterocycles. The molecule has 0 aliphatic rings. The first-order valence-corrected chi connectivity index (χ1v) is 6.87. The van der Waals surface area contributed by atoms with E-state index >= 15 is 0 Å². The van der Waals surface area contributed by atoms with Gasteiger partial charge in [0.05, 0.1) is 5.54 Å². The average molecular weight is 353 g/mol. The van der Waals surface area contributed by atoms with E-state index in [2.05, 4.69) is 21.2 Å². The summed E-state index contributed by atoms with van der Waals surface area (Å²) in [6, 6.07) is 6.49. The van der Waals surface area contributed by atoms with E-state index in [1.807, 2.05) is 0 Å². The van der Waals surface area contributed by atoms with Crippen molar-refractivity contribution in [1.82, 2.24) is 5.32 Å². The van der Waals surface area contributed by atoms with Gasteiger partial charge in [0.2, 0.25) is 0 Å². The Balaban J connectivity index is 2.85. The lowest BCUT2D eigenvalue weighted by atomic mass is 9.99. The first-order chi connectivity index (χ1) is 8.24. The van der Waals surface area contributed by atoms with Crippen molar-refractivity contribution < 1.29 is 9.59 Å². The molecule has 1 aromatic rings. The number of halogens is 3. The minimum atomic E-state index is -1.06. The van der Waals surface area contributed by atoms with Gasteiger partial charge >= 0.3 is 0 Å². The van der Waals surface area contributed by atoms with Gasteiger partial charge in [-0.15, -0.1) is 11.6 Å². The Bertz CT molecular complexity index is 475. The molecule has 0 heterocycles. The largest absolute Gasteiger partial charge is 0.340 e. The first-order valence-electron chi connectivity index (χ1n) is 5.14. The summed E-state index contributed by atoms with van der Waals surface area (Å²) in [5.41, 5.74) is -0.668. The van der Waals surface area contributed by atoms with Crippen molar-refractivity contribution in [2.24, 2.45) is 0 Å². The van der Waals surface area contributed by atoms with Gasteiger partial charge in [-0.2, -0.15) is 0 Å². The molecule has 98 valence electrons. The predicted octanol–water partition coefficient (Wildman–Crippen LogP) is 3.38. The topological polar surface area (TPSA) is 46.2 Å². The summed E-state index contributed by atoms with van der Waals surface area (Å²) in [7, 11) is 0. The van der Waals surface area contributed by atoms with E-state index in [9.17, 15) is 9.59 Å². The number of benzene rings is 1. The van der Waals surface area contributed by atoms with Gasteiger partial charge in [-0.25, -0.2) is 0 Å². The summed E-state index contributed by atoms with van der Waals surface area (Å²) < 4.78 is -0.841. The van der Waals surface area contributed by atoms with Crippen molar-refractivity contribution in [1.29, 1.82) is 0 Å². The third-order valence-corrected chi connectivity index (χ3v) is 3.18. The lowest BCUT2D eigenvalue weighted by Gasteiger charge is -2.25. The molecule has 1 N–H and O–H groups in total. The van der Waals surface area contributed by atoms with Gasteiger partial charge in [-0.1, -0.05) is 33.6 Å². The summed E-state index contributed by atoms with van der Waals surface area (Å²) >= 11 is 14.4. The number of alkyl halides is 2. The molecule has 0 aromatic heterocycles. The van der Waals surface area contributed by atoms with Crippen LogP contribution in [0.15, 0.2) is 24.3 Å². The number of carbonyl (C=O) groups excluding carboxylic acids is 2. The Labute approximate surface area is 124 Å². The Morgan fingerprint density at radius 3 is 2.50 bits per heavy atom. The van der Waals surface area contributed by atoms with Crippen LogP contribution in [0.4, 0.5) is 0 Å². The fraction of sp³-hybridized carbons (Fsp3) is 0.333. The summed E-state index contributed by atoms with van der Waals surface area (Å²) in [4.78, 5) is 23.7.